The number of hydrogen-bond donors (Lipinski definition) is 1. The SMILES string of the molecule is CC(C)N(CCN)CCn1ccccc1=O. The van der Waals surface area contributed by atoms with Crippen molar-refractivity contribution in [3.8, 4) is 0 Å². The second-order valence-electron chi connectivity index (χ2n) is 4.15. The van der Waals surface area contributed by atoms with Crippen LogP contribution in [-0.2, 0) is 6.54 Å². The third-order valence-electron chi connectivity index (χ3n) is 2.67. The van der Waals surface area contributed by atoms with Gasteiger partial charge in [-0.25, -0.2) is 0 Å². The molecule has 0 bridgehead atoms. The molecule has 0 unspecified atom stereocenters. The van der Waals surface area contributed by atoms with Crippen molar-refractivity contribution in [2.75, 3.05) is 19.6 Å². The minimum atomic E-state index is 0.0546. The van der Waals surface area contributed by atoms with Crippen LogP contribution in [0.1, 0.15) is 13.8 Å². The minimum Gasteiger partial charge on any atom is -0.329 e. The zero-order valence-electron chi connectivity index (χ0n) is 10.1. The first kappa shape index (κ1) is 12.9. The van der Waals surface area contributed by atoms with E-state index in [9.17, 15) is 4.79 Å². The van der Waals surface area contributed by atoms with E-state index in [2.05, 4.69) is 18.7 Å². The first-order chi connectivity index (χ1) is 7.65. The molecule has 0 aliphatic carbocycles. The van der Waals surface area contributed by atoms with Crippen LogP contribution in [0.4, 0.5) is 0 Å². The van der Waals surface area contributed by atoms with Gasteiger partial charge < -0.3 is 10.3 Å². The smallest absolute Gasteiger partial charge is 0.250 e. The van der Waals surface area contributed by atoms with E-state index in [0.717, 1.165) is 19.6 Å². The summed E-state index contributed by atoms with van der Waals surface area (Å²) in [6.45, 7) is 7.39. The fraction of sp³-hybridized carbons (Fsp3) is 0.583. The monoisotopic (exact) mass is 223 g/mol. The highest BCUT2D eigenvalue weighted by molar-refractivity contribution is 4.93. The molecule has 0 aliphatic heterocycles. The summed E-state index contributed by atoms with van der Waals surface area (Å²) in [7, 11) is 0. The summed E-state index contributed by atoms with van der Waals surface area (Å²) >= 11 is 0. The van der Waals surface area contributed by atoms with Gasteiger partial charge in [0.15, 0.2) is 0 Å². The molecule has 0 atom stereocenters. The fourth-order valence-corrected chi connectivity index (χ4v) is 1.68. The molecule has 1 heterocycles. The standard InChI is InChI=1S/C12H21N3O/c1-11(2)14(8-6-13)9-10-15-7-4-3-5-12(15)16/h3-5,7,11H,6,8-10,13H2,1-2H3. The van der Waals surface area contributed by atoms with Crippen molar-refractivity contribution in [2.45, 2.75) is 26.4 Å². The number of nitrogens with two attached hydrogens (primary N) is 1. The van der Waals surface area contributed by atoms with Gasteiger partial charge in [-0.2, -0.15) is 0 Å². The molecule has 0 saturated carbocycles. The van der Waals surface area contributed by atoms with E-state index in [1.54, 1.807) is 16.7 Å². The maximum Gasteiger partial charge on any atom is 0.250 e. The third-order valence-corrected chi connectivity index (χ3v) is 2.67. The van der Waals surface area contributed by atoms with Crippen molar-refractivity contribution in [1.82, 2.24) is 9.47 Å². The number of pyridine rings is 1. The lowest BCUT2D eigenvalue weighted by Crippen LogP contribution is -2.38. The Balaban J connectivity index is 2.55. The molecule has 4 heteroatoms. The van der Waals surface area contributed by atoms with Gasteiger partial charge >= 0.3 is 0 Å². The molecule has 0 fully saturated rings. The van der Waals surface area contributed by atoms with Crippen LogP contribution in [0.5, 0.6) is 0 Å². The van der Waals surface area contributed by atoms with Gasteiger partial charge in [0, 0.05) is 44.5 Å². The zero-order chi connectivity index (χ0) is 12.0. The van der Waals surface area contributed by atoms with Crippen LogP contribution in [0.2, 0.25) is 0 Å². The second-order valence-corrected chi connectivity index (χ2v) is 4.15. The largest absolute Gasteiger partial charge is 0.329 e. The summed E-state index contributed by atoms with van der Waals surface area (Å²) < 4.78 is 1.73. The van der Waals surface area contributed by atoms with Gasteiger partial charge in [-0.1, -0.05) is 6.07 Å². The van der Waals surface area contributed by atoms with Crippen molar-refractivity contribution in [1.29, 1.82) is 0 Å². The predicted molar refractivity (Wildman–Crippen MR) is 66.5 cm³/mol. The first-order valence-electron chi connectivity index (χ1n) is 5.74. The van der Waals surface area contributed by atoms with Crippen molar-refractivity contribution in [2.24, 2.45) is 5.73 Å². The van der Waals surface area contributed by atoms with Gasteiger partial charge in [0.05, 0.1) is 0 Å². The van der Waals surface area contributed by atoms with Gasteiger partial charge in [-0.15, -0.1) is 0 Å². The minimum absolute atomic E-state index is 0.0546. The van der Waals surface area contributed by atoms with Crippen LogP contribution in [0.3, 0.4) is 0 Å². The normalized spacial score (nSPS) is 11.3. The third kappa shape index (κ3) is 3.79. The lowest BCUT2D eigenvalue weighted by atomic mass is 10.3. The summed E-state index contributed by atoms with van der Waals surface area (Å²) in [5, 5.41) is 0. The number of rotatable bonds is 6. The Bertz CT molecular complexity index is 359. The Labute approximate surface area is 96.7 Å². The summed E-state index contributed by atoms with van der Waals surface area (Å²) in [5.41, 5.74) is 5.61. The van der Waals surface area contributed by atoms with E-state index in [1.807, 2.05) is 12.3 Å². The molecule has 16 heavy (non-hydrogen) atoms. The second kappa shape index (κ2) is 6.45. The van der Waals surface area contributed by atoms with E-state index in [0.29, 0.717) is 12.6 Å². The zero-order valence-corrected chi connectivity index (χ0v) is 10.1. The highest BCUT2D eigenvalue weighted by atomic mass is 16.1. The summed E-state index contributed by atoms with van der Waals surface area (Å²) in [5.74, 6) is 0. The average Bonchev–Trinajstić information content (AvgIpc) is 2.26. The molecule has 1 aromatic heterocycles. The highest BCUT2D eigenvalue weighted by Gasteiger charge is 2.07. The van der Waals surface area contributed by atoms with Crippen molar-refractivity contribution in [3.05, 3.63) is 34.7 Å². The topological polar surface area (TPSA) is 51.3 Å². The number of hydrogen-bond acceptors (Lipinski definition) is 3. The molecule has 4 nitrogen and oxygen atoms in total. The van der Waals surface area contributed by atoms with Crippen molar-refractivity contribution >= 4 is 0 Å². The van der Waals surface area contributed by atoms with Gasteiger partial charge in [0.1, 0.15) is 0 Å². The molecular formula is C12H21N3O. The highest BCUT2D eigenvalue weighted by Crippen LogP contribution is 1.97. The molecule has 0 aromatic carbocycles. The van der Waals surface area contributed by atoms with Gasteiger partial charge in [-0.05, 0) is 19.9 Å². The lowest BCUT2D eigenvalue weighted by Gasteiger charge is -2.25. The van der Waals surface area contributed by atoms with Crippen LogP contribution in [0.15, 0.2) is 29.2 Å². The molecule has 0 amide bonds. The van der Waals surface area contributed by atoms with Crippen molar-refractivity contribution in [3.63, 3.8) is 0 Å². The Kier molecular flexibility index (Phi) is 5.22. The van der Waals surface area contributed by atoms with E-state index >= 15 is 0 Å². The maximum atomic E-state index is 11.5. The molecule has 2 N–H and O–H groups in total. The average molecular weight is 223 g/mol. The molecule has 0 aliphatic rings. The molecule has 90 valence electrons. The predicted octanol–water partition coefficient (Wildman–Crippen LogP) is 0.517. The quantitative estimate of drug-likeness (QED) is 0.765. The molecular weight excluding hydrogens is 202 g/mol. The Hall–Kier alpha value is -1.13. The van der Waals surface area contributed by atoms with Gasteiger partial charge in [-0.3, -0.25) is 9.69 Å². The van der Waals surface area contributed by atoms with Crippen LogP contribution < -0.4 is 11.3 Å². The molecule has 0 spiro atoms. The van der Waals surface area contributed by atoms with Crippen LogP contribution in [0.25, 0.3) is 0 Å². The summed E-state index contributed by atoms with van der Waals surface area (Å²) in [4.78, 5) is 13.8. The Morgan fingerprint density at radius 2 is 2.12 bits per heavy atom. The van der Waals surface area contributed by atoms with E-state index < -0.39 is 0 Å². The van der Waals surface area contributed by atoms with Gasteiger partial charge in [0.2, 0.25) is 0 Å². The van der Waals surface area contributed by atoms with Crippen LogP contribution >= 0.6 is 0 Å². The molecule has 0 radical (unpaired) electrons. The van der Waals surface area contributed by atoms with Crippen LogP contribution in [-0.4, -0.2) is 35.1 Å². The molecule has 1 rings (SSSR count). The van der Waals surface area contributed by atoms with E-state index in [4.69, 9.17) is 5.73 Å². The van der Waals surface area contributed by atoms with E-state index in [-0.39, 0.29) is 5.56 Å². The Morgan fingerprint density at radius 1 is 1.38 bits per heavy atom. The Morgan fingerprint density at radius 3 is 2.69 bits per heavy atom. The molecule has 0 saturated heterocycles. The van der Waals surface area contributed by atoms with Gasteiger partial charge in [0.25, 0.3) is 5.56 Å². The molecule has 1 aromatic rings. The van der Waals surface area contributed by atoms with Crippen molar-refractivity contribution < 1.29 is 0 Å². The number of aromatic nitrogens is 1. The first-order valence-corrected chi connectivity index (χ1v) is 5.74. The summed E-state index contributed by atoms with van der Waals surface area (Å²) in [6.07, 6.45) is 1.82. The maximum absolute atomic E-state index is 11.5. The van der Waals surface area contributed by atoms with E-state index in [1.165, 1.54) is 0 Å². The number of nitrogens with zero attached hydrogens (tertiary/aromatic N) is 2. The summed E-state index contributed by atoms with van der Waals surface area (Å²) in [6, 6.07) is 5.69. The van der Waals surface area contributed by atoms with Crippen LogP contribution in [0, 0.1) is 0 Å². The lowest BCUT2D eigenvalue weighted by molar-refractivity contribution is 0.218. The fourth-order valence-electron chi connectivity index (χ4n) is 1.68.